The Labute approximate surface area is 107 Å². The second-order valence-corrected chi connectivity index (χ2v) is 3.93. The average molecular weight is 264 g/mol. The number of nitrogens with zero attached hydrogens (tertiary/aromatic N) is 4. The monoisotopic (exact) mass is 264 g/mol. The highest BCUT2D eigenvalue weighted by molar-refractivity contribution is 5.84. The first-order valence-electron chi connectivity index (χ1n) is 5.47. The van der Waals surface area contributed by atoms with Crippen molar-refractivity contribution < 1.29 is 14.7 Å². The fraction of sp³-hybridized carbons (Fsp3) is 0.300. The molecule has 0 aliphatic carbocycles. The number of hydrogen-bond donors (Lipinski definition) is 3. The number of rotatable bonds is 5. The van der Waals surface area contributed by atoms with E-state index in [1.54, 1.807) is 12.4 Å². The molecule has 0 aromatic carbocycles. The molecule has 0 bridgehead atoms. The van der Waals surface area contributed by atoms with E-state index in [-0.39, 0.29) is 24.2 Å². The van der Waals surface area contributed by atoms with E-state index in [9.17, 15) is 9.59 Å². The van der Waals surface area contributed by atoms with E-state index in [0.29, 0.717) is 0 Å². The standard InChI is InChI=1S/C10H12N6O3/c1-6(7-2-11-12-3-7)13-9(17)5-16-4-8(10(18)19)14-15-16/h2-4,6H,5H2,1H3,(H,11,12)(H,13,17)(H,18,19). The molecule has 1 atom stereocenters. The third-order valence-corrected chi connectivity index (χ3v) is 2.46. The smallest absolute Gasteiger partial charge is 0.358 e. The van der Waals surface area contributed by atoms with Crippen LogP contribution in [0.1, 0.15) is 29.0 Å². The molecule has 0 aliphatic rings. The van der Waals surface area contributed by atoms with Gasteiger partial charge in [0.05, 0.1) is 18.4 Å². The summed E-state index contributed by atoms with van der Waals surface area (Å²) >= 11 is 0. The van der Waals surface area contributed by atoms with E-state index in [1.807, 2.05) is 6.92 Å². The summed E-state index contributed by atoms with van der Waals surface area (Å²) in [5, 5.41) is 24.8. The second-order valence-electron chi connectivity index (χ2n) is 3.93. The lowest BCUT2D eigenvalue weighted by Crippen LogP contribution is -2.30. The largest absolute Gasteiger partial charge is 0.476 e. The van der Waals surface area contributed by atoms with Crippen molar-refractivity contribution in [3.8, 4) is 0 Å². The van der Waals surface area contributed by atoms with E-state index < -0.39 is 5.97 Å². The summed E-state index contributed by atoms with van der Waals surface area (Å²) in [6.07, 6.45) is 4.50. The molecule has 0 radical (unpaired) electrons. The zero-order valence-corrected chi connectivity index (χ0v) is 10.1. The fourth-order valence-corrected chi connectivity index (χ4v) is 1.49. The number of H-pyrrole nitrogens is 1. The van der Waals surface area contributed by atoms with Crippen LogP contribution in [0.5, 0.6) is 0 Å². The van der Waals surface area contributed by atoms with Crippen LogP contribution in [-0.4, -0.2) is 42.2 Å². The molecule has 1 amide bonds. The van der Waals surface area contributed by atoms with Crippen molar-refractivity contribution in [3.05, 3.63) is 29.8 Å². The maximum Gasteiger partial charge on any atom is 0.358 e. The summed E-state index contributed by atoms with van der Waals surface area (Å²) in [4.78, 5) is 22.3. The number of hydrogen-bond acceptors (Lipinski definition) is 5. The van der Waals surface area contributed by atoms with Crippen LogP contribution in [0.3, 0.4) is 0 Å². The summed E-state index contributed by atoms with van der Waals surface area (Å²) in [6, 6.07) is -0.200. The molecule has 9 heteroatoms. The predicted octanol–water partition coefficient (Wildman–Crippen LogP) is -0.423. The molecule has 2 aromatic heterocycles. The highest BCUT2D eigenvalue weighted by Crippen LogP contribution is 2.08. The number of aromatic carboxylic acids is 1. The third kappa shape index (κ3) is 3.15. The molecule has 0 saturated carbocycles. The number of carbonyl (C=O) groups is 2. The number of aromatic nitrogens is 5. The normalized spacial score (nSPS) is 12.1. The van der Waals surface area contributed by atoms with Gasteiger partial charge < -0.3 is 10.4 Å². The van der Waals surface area contributed by atoms with Gasteiger partial charge in [0.25, 0.3) is 0 Å². The van der Waals surface area contributed by atoms with Gasteiger partial charge in [0.1, 0.15) is 6.54 Å². The molecule has 0 spiro atoms. The van der Waals surface area contributed by atoms with Gasteiger partial charge >= 0.3 is 5.97 Å². The summed E-state index contributed by atoms with van der Waals surface area (Å²) in [6.45, 7) is 1.72. The number of amides is 1. The van der Waals surface area contributed by atoms with Crippen LogP contribution in [0, 0.1) is 0 Å². The summed E-state index contributed by atoms with van der Waals surface area (Å²) in [5.74, 6) is -1.48. The highest BCUT2D eigenvalue weighted by atomic mass is 16.4. The average Bonchev–Trinajstić information content (AvgIpc) is 2.98. The van der Waals surface area contributed by atoms with Gasteiger partial charge in [-0.2, -0.15) is 5.10 Å². The Morgan fingerprint density at radius 1 is 1.58 bits per heavy atom. The summed E-state index contributed by atoms with van der Waals surface area (Å²) in [5.41, 5.74) is 0.647. The van der Waals surface area contributed by atoms with Crippen molar-refractivity contribution in [1.82, 2.24) is 30.5 Å². The lowest BCUT2D eigenvalue weighted by Gasteiger charge is -2.11. The minimum absolute atomic E-state index is 0.0948. The minimum Gasteiger partial charge on any atom is -0.476 e. The summed E-state index contributed by atoms with van der Waals surface area (Å²) in [7, 11) is 0. The van der Waals surface area contributed by atoms with Crippen molar-refractivity contribution in [2.24, 2.45) is 0 Å². The van der Waals surface area contributed by atoms with E-state index in [1.165, 1.54) is 10.9 Å². The molecule has 100 valence electrons. The molecule has 9 nitrogen and oxygen atoms in total. The van der Waals surface area contributed by atoms with Crippen LogP contribution in [0.25, 0.3) is 0 Å². The first kappa shape index (κ1) is 12.7. The van der Waals surface area contributed by atoms with Crippen molar-refractivity contribution in [3.63, 3.8) is 0 Å². The Kier molecular flexibility index (Phi) is 3.55. The van der Waals surface area contributed by atoms with Crippen LogP contribution in [-0.2, 0) is 11.3 Å². The topological polar surface area (TPSA) is 126 Å². The van der Waals surface area contributed by atoms with Crippen molar-refractivity contribution in [2.75, 3.05) is 0 Å². The molecule has 2 aromatic rings. The van der Waals surface area contributed by atoms with Crippen molar-refractivity contribution >= 4 is 11.9 Å². The van der Waals surface area contributed by atoms with Gasteiger partial charge in [0, 0.05) is 11.8 Å². The van der Waals surface area contributed by atoms with E-state index >= 15 is 0 Å². The lowest BCUT2D eigenvalue weighted by atomic mass is 10.2. The Morgan fingerprint density at radius 3 is 2.95 bits per heavy atom. The molecular weight excluding hydrogens is 252 g/mol. The summed E-state index contributed by atoms with van der Waals surface area (Å²) < 4.78 is 1.17. The highest BCUT2D eigenvalue weighted by Gasteiger charge is 2.13. The molecule has 0 aliphatic heterocycles. The predicted molar refractivity (Wildman–Crippen MR) is 62.1 cm³/mol. The molecule has 0 saturated heterocycles. The zero-order valence-electron chi connectivity index (χ0n) is 10.1. The number of nitrogens with one attached hydrogen (secondary N) is 2. The third-order valence-electron chi connectivity index (χ3n) is 2.46. The first-order valence-corrected chi connectivity index (χ1v) is 5.47. The van der Waals surface area contributed by atoms with E-state index in [2.05, 4.69) is 25.8 Å². The fourth-order valence-electron chi connectivity index (χ4n) is 1.49. The molecular formula is C10H12N6O3. The van der Waals surface area contributed by atoms with Crippen LogP contribution < -0.4 is 5.32 Å². The molecule has 1 unspecified atom stereocenters. The van der Waals surface area contributed by atoms with Crippen LogP contribution in [0.4, 0.5) is 0 Å². The Bertz CT molecular complexity index is 576. The molecule has 3 N–H and O–H groups in total. The second kappa shape index (κ2) is 5.29. The van der Waals surface area contributed by atoms with E-state index in [4.69, 9.17) is 5.11 Å². The molecule has 19 heavy (non-hydrogen) atoms. The van der Waals surface area contributed by atoms with Crippen LogP contribution >= 0.6 is 0 Å². The SMILES string of the molecule is CC(NC(=O)Cn1cc(C(=O)O)nn1)c1cn[nH]c1. The van der Waals surface area contributed by atoms with Gasteiger partial charge in [-0.05, 0) is 6.92 Å². The molecule has 2 heterocycles. The van der Waals surface area contributed by atoms with Crippen LogP contribution in [0.15, 0.2) is 18.6 Å². The van der Waals surface area contributed by atoms with E-state index in [0.717, 1.165) is 5.56 Å². The number of carboxylic acids is 1. The van der Waals surface area contributed by atoms with Gasteiger partial charge in [-0.15, -0.1) is 5.10 Å². The van der Waals surface area contributed by atoms with Gasteiger partial charge in [-0.3, -0.25) is 9.89 Å². The molecule has 2 rings (SSSR count). The zero-order chi connectivity index (χ0) is 13.8. The maximum absolute atomic E-state index is 11.7. The Balaban J connectivity index is 1.92. The quantitative estimate of drug-likeness (QED) is 0.673. The Hall–Kier alpha value is -2.71. The van der Waals surface area contributed by atoms with Gasteiger partial charge in [0.15, 0.2) is 5.69 Å². The lowest BCUT2D eigenvalue weighted by molar-refractivity contribution is -0.122. The van der Waals surface area contributed by atoms with Gasteiger partial charge in [-0.25, -0.2) is 9.48 Å². The Morgan fingerprint density at radius 2 is 2.37 bits per heavy atom. The number of aromatic amines is 1. The number of carboxylic acid groups (broad SMARTS) is 1. The van der Waals surface area contributed by atoms with Crippen molar-refractivity contribution in [2.45, 2.75) is 19.5 Å². The van der Waals surface area contributed by atoms with Gasteiger partial charge in [0.2, 0.25) is 5.91 Å². The van der Waals surface area contributed by atoms with Crippen LogP contribution in [0.2, 0.25) is 0 Å². The minimum atomic E-state index is -1.18. The maximum atomic E-state index is 11.7. The van der Waals surface area contributed by atoms with Crippen molar-refractivity contribution in [1.29, 1.82) is 0 Å². The van der Waals surface area contributed by atoms with Gasteiger partial charge in [-0.1, -0.05) is 5.21 Å². The molecule has 0 fully saturated rings. The first-order chi connectivity index (χ1) is 9.06. The number of carbonyl (C=O) groups excluding carboxylic acids is 1.